The summed E-state index contributed by atoms with van der Waals surface area (Å²) in [7, 11) is 1.44. The van der Waals surface area contributed by atoms with Crippen molar-refractivity contribution >= 4 is 5.97 Å². The molecule has 3 aromatic carbocycles. The highest BCUT2D eigenvalue weighted by Gasteiger charge is 2.37. The van der Waals surface area contributed by atoms with E-state index in [0.29, 0.717) is 24.9 Å². The quantitative estimate of drug-likeness (QED) is 0.225. The molecule has 0 aliphatic heterocycles. The monoisotopic (exact) mass is 548 g/mol. The predicted molar refractivity (Wildman–Crippen MR) is 152 cm³/mol. The van der Waals surface area contributed by atoms with Crippen LogP contribution in [0, 0.1) is 11.3 Å². The van der Waals surface area contributed by atoms with E-state index in [4.69, 9.17) is 9.47 Å². The zero-order valence-corrected chi connectivity index (χ0v) is 23.5. The number of rotatable bonds is 11. The molecule has 2 saturated carbocycles. The van der Waals surface area contributed by atoms with Gasteiger partial charge in [0.15, 0.2) is 0 Å². The summed E-state index contributed by atoms with van der Waals surface area (Å²) in [6.45, 7) is 2.17. The van der Waals surface area contributed by atoms with Gasteiger partial charge in [0, 0.05) is 0 Å². The molecule has 0 N–H and O–H groups in total. The maximum Gasteiger partial charge on any atom is 0.387 e. The van der Waals surface area contributed by atoms with Gasteiger partial charge in [-0.2, -0.15) is 8.78 Å². The van der Waals surface area contributed by atoms with Crippen LogP contribution >= 0.6 is 0 Å². The lowest BCUT2D eigenvalue weighted by Crippen LogP contribution is -2.16. The molecule has 0 aromatic heterocycles. The molecule has 5 rings (SSSR count). The summed E-state index contributed by atoms with van der Waals surface area (Å²) >= 11 is 0. The van der Waals surface area contributed by atoms with Gasteiger partial charge in [0.25, 0.3) is 0 Å². The third-order valence-electron chi connectivity index (χ3n) is 8.62. The Hall–Kier alpha value is -3.41. The number of methoxy groups -OCH3 is 1. The third kappa shape index (κ3) is 6.65. The number of esters is 1. The SMILES string of the molecule is COC(=O)C[C@@H](c1cccc(OCc2ccc(-c3cccc(OC(F)F)c3)c([C@@H]3CCCC3(C)C)c2)c1)C1CC1. The van der Waals surface area contributed by atoms with Crippen molar-refractivity contribution in [2.24, 2.45) is 11.3 Å². The molecule has 4 nitrogen and oxygen atoms in total. The lowest BCUT2D eigenvalue weighted by molar-refractivity contribution is -0.141. The number of benzene rings is 3. The lowest BCUT2D eigenvalue weighted by Gasteiger charge is -2.30. The Morgan fingerprint density at radius 1 is 0.975 bits per heavy atom. The van der Waals surface area contributed by atoms with Gasteiger partial charge in [-0.3, -0.25) is 4.79 Å². The minimum atomic E-state index is -2.86. The van der Waals surface area contributed by atoms with Gasteiger partial charge in [0.05, 0.1) is 13.5 Å². The van der Waals surface area contributed by atoms with Crippen LogP contribution in [0.1, 0.15) is 80.9 Å². The Kier molecular flexibility index (Phi) is 8.43. The highest BCUT2D eigenvalue weighted by atomic mass is 19.3. The molecule has 6 heteroatoms. The largest absolute Gasteiger partial charge is 0.489 e. The molecule has 0 unspecified atom stereocenters. The van der Waals surface area contributed by atoms with Gasteiger partial charge < -0.3 is 14.2 Å². The van der Waals surface area contributed by atoms with E-state index in [-0.39, 0.29) is 23.1 Å². The van der Waals surface area contributed by atoms with Crippen molar-refractivity contribution in [1.29, 1.82) is 0 Å². The molecule has 2 atom stereocenters. The fourth-order valence-corrected chi connectivity index (χ4v) is 6.32. The van der Waals surface area contributed by atoms with Gasteiger partial charge >= 0.3 is 12.6 Å². The van der Waals surface area contributed by atoms with Crippen molar-refractivity contribution in [3.63, 3.8) is 0 Å². The van der Waals surface area contributed by atoms with Gasteiger partial charge in [-0.1, -0.05) is 62.7 Å². The second-order valence-electron chi connectivity index (χ2n) is 11.8. The molecular weight excluding hydrogens is 510 g/mol. The van der Waals surface area contributed by atoms with Gasteiger partial charge in [-0.15, -0.1) is 0 Å². The lowest BCUT2D eigenvalue weighted by atomic mass is 9.75. The Balaban J connectivity index is 1.39. The first kappa shape index (κ1) is 28.1. The molecule has 2 fully saturated rings. The van der Waals surface area contributed by atoms with Crippen molar-refractivity contribution in [2.45, 2.75) is 77.4 Å². The average Bonchev–Trinajstić information content (AvgIpc) is 3.72. The van der Waals surface area contributed by atoms with E-state index in [1.54, 1.807) is 18.2 Å². The van der Waals surface area contributed by atoms with Crippen molar-refractivity contribution < 1.29 is 27.8 Å². The van der Waals surface area contributed by atoms with Crippen LogP contribution in [0.4, 0.5) is 8.78 Å². The fraction of sp³-hybridized carbons (Fsp3) is 0.441. The van der Waals surface area contributed by atoms with E-state index in [1.165, 1.54) is 12.7 Å². The van der Waals surface area contributed by atoms with Crippen LogP contribution < -0.4 is 9.47 Å². The first-order chi connectivity index (χ1) is 19.2. The molecule has 2 aliphatic rings. The third-order valence-corrected chi connectivity index (χ3v) is 8.62. The maximum absolute atomic E-state index is 12.9. The summed E-state index contributed by atoms with van der Waals surface area (Å²) in [6.07, 6.45) is 6.05. The van der Waals surface area contributed by atoms with Crippen LogP contribution in [0.3, 0.4) is 0 Å². The molecule has 212 valence electrons. The number of carbonyl (C=O) groups is 1. The summed E-state index contributed by atoms with van der Waals surface area (Å²) in [5.74, 6) is 1.77. The minimum absolute atomic E-state index is 0.136. The Morgan fingerprint density at radius 3 is 2.45 bits per heavy atom. The van der Waals surface area contributed by atoms with Crippen molar-refractivity contribution in [2.75, 3.05) is 7.11 Å². The van der Waals surface area contributed by atoms with E-state index < -0.39 is 6.61 Å². The summed E-state index contributed by atoms with van der Waals surface area (Å²) in [5.41, 5.74) is 5.43. The second-order valence-corrected chi connectivity index (χ2v) is 11.8. The number of hydrogen-bond donors (Lipinski definition) is 0. The van der Waals surface area contributed by atoms with E-state index in [0.717, 1.165) is 60.1 Å². The highest BCUT2D eigenvalue weighted by Crippen LogP contribution is 2.51. The summed E-state index contributed by atoms with van der Waals surface area (Å²) in [6, 6.07) is 21.4. The number of hydrogen-bond acceptors (Lipinski definition) is 4. The zero-order chi connectivity index (χ0) is 28.3. The molecule has 0 radical (unpaired) electrons. The standard InChI is InChI=1S/C34H38F2O4/c1-34(2)16-6-11-31(34)30-17-22(12-15-28(30)24-7-5-10-27(19-24)40-33(35)36)21-39-26-9-4-8-25(18-26)29(23-13-14-23)20-32(37)38-3/h4-5,7-10,12,15,17-19,23,29,31,33H,6,11,13-14,16,20-21H2,1-3H3/t29-,31+/m1/s1. The van der Waals surface area contributed by atoms with Crippen molar-refractivity contribution in [1.82, 2.24) is 0 Å². The zero-order valence-electron chi connectivity index (χ0n) is 23.5. The molecule has 0 heterocycles. The smallest absolute Gasteiger partial charge is 0.387 e. The molecule has 0 bridgehead atoms. The first-order valence-electron chi connectivity index (χ1n) is 14.2. The van der Waals surface area contributed by atoms with E-state index in [1.807, 2.05) is 18.2 Å². The van der Waals surface area contributed by atoms with E-state index in [9.17, 15) is 13.6 Å². The molecule has 0 spiro atoms. The van der Waals surface area contributed by atoms with Crippen LogP contribution in [0.15, 0.2) is 66.7 Å². The van der Waals surface area contributed by atoms with Crippen LogP contribution in [-0.2, 0) is 16.1 Å². The van der Waals surface area contributed by atoms with E-state index >= 15 is 0 Å². The molecule has 2 aliphatic carbocycles. The number of halogens is 2. The predicted octanol–water partition coefficient (Wildman–Crippen LogP) is 8.88. The molecular formula is C34H38F2O4. The summed E-state index contributed by atoms with van der Waals surface area (Å²) < 4.78 is 41.7. The van der Waals surface area contributed by atoms with Gasteiger partial charge in [0.2, 0.25) is 0 Å². The van der Waals surface area contributed by atoms with Gasteiger partial charge in [-0.25, -0.2) is 0 Å². The van der Waals surface area contributed by atoms with Crippen molar-refractivity contribution in [3.05, 3.63) is 83.4 Å². The topological polar surface area (TPSA) is 44.8 Å². The van der Waals surface area contributed by atoms with E-state index in [2.05, 4.69) is 48.9 Å². The molecule has 3 aromatic rings. The summed E-state index contributed by atoms with van der Waals surface area (Å²) in [4.78, 5) is 12.0. The Morgan fingerprint density at radius 2 is 1.75 bits per heavy atom. The summed E-state index contributed by atoms with van der Waals surface area (Å²) in [5, 5.41) is 0. The Labute approximate surface area is 235 Å². The maximum atomic E-state index is 12.9. The van der Waals surface area contributed by atoms with Crippen LogP contribution in [0.5, 0.6) is 11.5 Å². The number of carbonyl (C=O) groups excluding carboxylic acids is 1. The fourth-order valence-electron chi connectivity index (χ4n) is 6.32. The minimum Gasteiger partial charge on any atom is -0.489 e. The van der Waals surface area contributed by atoms with Crippen LogP contribution in [0.2, 0.25) is 0 Å². The van der Waals surface area contributed by atoms with Gasteiger partial charge in [-0.05, 0) is 101 Å². The first-order valence-corrected chi connectivity index (χ1v) is 14.2. The average molecular weight is 549 g/mol. The highest BCUT2D eigenvalue weighted by molar-refractivity contribution is 5.71. The number of alkyl halides is 2. The number of ether oxygens (including phenoxy) is 3. The second kappa shape index (κ2) is 12.0. The molecule has 0 saturated heterocycles. The van der Waals surface area contributed by atoms with Crippen molar-refractivity contribution in [3.8, 4) is 22.6 Å². The molecule has 40 heavy (non-hydrogen) atoms. The normalized spacial score (nSPS) is 18.9. The molecule has 0 amide bonds. The van der Waals surface area contributed by atoms with Crippen LogP contribution in [0.25, 0.3) is 11.1 Å². The van der Waals surface area contributed by atoms with Gasteiger partial charge in [0.1, 0.15) is 18.1 Å². The Bertz CT molecular complexity index is 1330. The van der Waals surface area contributed by atoms with Crippen LogP contribution in [-0.4, -0.2) is 19.7 Å².